The van der Waals surface area contributed by atoms with E-state index in [2.05, 4.69) is 5.32 Å². The van der Waals surface area contributed by atoms with Gasteiger partial charge in [0.05, 0.1) is 34.4 Å². The van der Waals surface area contributed by atoms with Crippen molar-refractivity contribution >= 4 is 5.91 Å². The summed E-state index contributed by atoms with van der Waals surface area (Å²) in [4.78, 5) is 12.3. The molecule has 0 bridgehead atoms. The molecular formula is C21H27NO5. The molecule has 0 radical (unpaired) electrons. The second-order valence-electron chi connectivity index (χ2n) is 5.96. The molecule has 2 rings (SSSR count). The van der Waals surface area contributed by atoms with Crippen LogP contribution in [-0.4, -0.2) is 33.8 Å². The van der Waals surface area contributed by atoms with Crippen LogP contribution in [0.2, 0.25) is 0 Å². The van der Waals surface area contributed by atoms with E-state index in [-0.39, 0.29) is 12.3 Å². The van der Waals surface area contributed by atoms with E-state index < -0.39 is 0 Å². The van der Waals surface area contributed by atoms with Crippen LogP contribution in [0, 0.1) is 0 Å². The first-order valence-electron chi connectivity index (χ1n) is 8.88. The summed E-state index contributed by atoms with van der Waals surface area (Å²) in [5, 5.41) is 2.92. The highest BCUT2D eigenvalue weighted by Gasteiger charge is 2.11. The molecule has 0 spiro atoms. The first kappa shape index (κ1) is 20.4. The lowest BCUT2D eigenvalue weighted by molar-refractivity contribution is -0.120. The number of nitrogens with one attached hydrogen (secondary N) is 1. The predicted molar refractivity (Wildman–Crippen MR) is 104 cm³/mol. The van der Waals surface area contributed by atoms with Crippen LogP contribution in [0.4, 0.5) is 0 Å². The third-order valence-electron chi connectivity index (χ3n) is 4.02. The van der Waals surface area contributed by atoms with Crippen molar-refractivity contribution in [3.05, 3.63) is 47.5 Å². The molecule has 0 unspecified atom stereocenters. The molecule has 0 aromatic heterocycles. The number of hydrogen-bond acceptors (Lipinski definition) is 5. The molecule has 6 heteroatoms. The number of hydrogen-bond donors (Lipinski definition) is 1. The van der Waals surface area contributed by atoms with E-state index >= 15 is 0 Å². The second-order valence-corrected chi connectivity index (χ2v) is 5.96. The van der Waals surface area contributed by atoms with E-state index in [1.807, 2.05) is 37.3 Å². The van der Waals surface area contributed by atoms with Crippen LogP contribution in [0.15, 0.2) is 36.4 Å². The average molecular weight is 373 g/mol. The van der Waals surface area contributed by atoms with Crippen LogP contribution in [0.3, 0.4) is 0 Å². The Kier molecular flexibility index (Phi) is 7.79. The zero-order chi connectivity index (χ0) is 19.6. The van der Waals surface area contributed by atoms with Gasteiger partial charge in [-0.05, 0) is 30.2 Å². The molecule has 0 fully saturated rings. The molecule has 0 aliphatic heterocycles. The fourth-order valence-electron chi connectivity index (χ4n) is 2.59. The Balaban J connectivity index is 1.97. The Morgan fingerprint density at radius 3 is 2.37 bits per heavy atom. The van der Waals surface area contributed by atoms with E-state index in [0.717, 1.165) is 17.5 Å². The maximum atomic E-state index is 12.3. The van der Waals surface area contributed by atoms with Crippen LogP contribution in [0.1, 0.15) is 24.5 Å². The van der Waals surface area contributed by atoms with Crippen molar-refractivity contribution in [2.24, 2.45) is 0 Å². The maximum absolute atomic E-state index is 12.3. The number of amides is 1. The molecule has 1 N–H and O–H groups in total. The second kappa shape index (κ2) is 10.3. The number of carbonyl (C=O) groups excluding carboxylic acids is 1. The summed E-state index contributed by atoms with van der Waals surface area (Å²) in [6, 6.07) is 11.1. The Morgan fingerprint density at radius 2 is 1.70 bits per heavy atom. The predicted octanol–water partition coefficient (Wildman–Crippen LogP) is 3.36. The van der Waals surface area contributed by atoms with E-state index in [1.165, 1.54) is 0 Å². The lowest BCUT2D eigenvalue weighted by atomic mass is 10.1. The summed E-state index contributed by atoms with van der Waals surface area (Å²) >= 11 is 0. The number of ether oxygens (including phenoxy) is 4. The molecule has 0 aliphatic carbocycles. The lowest BCUT2D eigenvalue weighted by Crippen LogP contribution is -2.24. The quantitative estimate of drug-likeness (QED) is 0.692. The van der Waals surface area contributed by atoms with Crippen molar-refractivity contribution in [1.29, 1.82) is 0 Å². The number of rotatable bonds is 10. The van der Waals surface area contributed by atoms with Crippen molar-refractivity contribution in [2.75, 3.05) is 27.9 Å². The van der Waals surface area contributed by atoms with Gasteiger partial charge in [-0.25, -0.2) is 0 Å². The van der Waals surface area contributed by atoms with Crippen LogP contribution >= 0.6 is 0 Å². The normalized spacial score (nSPS) is 10.2. The van der Waals surface area contributed by atoms with Crippen molar-refractivity contribution in [1.82, 2.24) is 5.32 Å². The third-order valence-corrected chi connectivity index (χ3v) is 4.02. The molecule has 1 amide bonds. The first-order chi connectivity index (χ1) is 13.1. The zero-order valence-electron chi connectivity index (χ0n) is 16.3. The summed E-state index contributed by atoms with van der Waals surface area (Å²) in [6.07, 6.45) is 1.15. The number of methoxy groups -OCH3 is 3. The summed E-state index contributed by atoms with van der Waals surface area (Å²) in [5.41, 5.74) is 1.74. The van der Waals surface area contributed by atoms with Gasteiger partial charge in [0.15, 0.2) is 11.5 Å². The average Bonchev–Trinajstić information content (AvgIpc) is 2.71. The maximum Gasteiger partial charge on any atom is 0.224 e. The van der Waals surface area contributed by atoms with Crippen LogP contribution in [0.25, 0.3) is 0 Å². The van der Waals surface area contributed by atoms with Gasteiger partial charge in [-0.3, -0.25) is 4.79 Å². The molecular weight excluding hydrogens is 346 g/mol. The van der Waals surface area contributed by atoms with Gasteiger partial charge in [-0.1, -0.05) is 19.1 Å². The largest absolute Gasteiger partial charge is 0.497 e. The van der Waals surface area contributed by atoms with Gasteiger partial charge in [-0.15, -0.1) is 0 Å². The highest BCUT2D eigenvalue weighted by atomic mass is 16.5. The monoisotopic (exact) mass is 373 g/mol. The van der Waals surface area contributed by atoms with Gasteiger partial charge in [-0.2, -0.15) is 0 Å². The van der Waals surface area contributed by atoms with E-state index in [1.54, 1.807) is 27.4 Å². The van der Waals surface area contributed by atoms with Crippen molar-refractivity contribution < 1.29 is 23.7 Å². The highest BCUT2D eigenvalue weighted by Crippen LogP contribution is 2.28. The standard InChI is InChI=1S/C21H27NO5/c1-5-10-27-18-9-6-15(11-20(18)26-4)14-22-21(23)12-16-7-8-17(24-2)13-19(16)25-3/h6-9,11,13H,5,10,12,14H2,1-4H3,(H,22,23). The highest BCUT2D eigenvalue weighted by molar-refractivity contribution is 5.79. The Morgan fingerprint density at radius 1 is 0.926 bits per heavy atom. The SMILES string of the molecule is CCCOc1ccc(CNC(=O)Cc2ccc(OC)cc2OC)cc1OC. The smallest absolute Gasteiger partial charge is 0.224 e. The zero-order valence-corrected chi connectivity index (χ0v) is 16.3. The topological polar surface area (TPSA) is 66.0 Å². The van der Waals surface area contributed by atoms with E-state index in [4.69, 9.17) is 18.9 Å². The first-order valence-corrected chi connectivity index (χ1v) is 8.88. The summed E-state index contributed by atoms with van der Waals surface area (Å²) in [6.45, 7) is 3.09. The third kappa shape index (κ3) is 5.81. The molecule has 0 aliphatic rings. The minimum Gasteiger partial charge on any atom is -0.497 e. The van der Waals surface area contributed by atoms with Gasteiger partial charge in [0.2, 0.25) is 5.91 Å². The fraction of sp³-hybridized carbons (Fsp3) is 0.381. The Labute approximate surface area is 160 Å². The van der Waals surface area contributed by atoms with Gasteiger partial charge in [0.25, 0.3) is 0 Å². The van der Waals surface area contributed by atoms with Gasteiger partial charge in [0.1, 0.15) is 11.5 Å². The van der Waals surface area contributed by atoms with Crippen LogP contribution < -0.4 is 24.3 Å². The molecule has 0 atom stereocenters. The minimum absolute atomic E-state index is 0.0938. The van der Waals surface area contributed by atoms with Crippen LogP contribution in [-0.2, 0) is 17.8 Å². The number of carbonyl (C=O) groups is 1. The molecule has 0 saturated heterocycles. The molecule has 146 valence electrons. The molecule has 2 aromatic carbocycles. The fourth-order valence-corrected chi connectivity index (χ4v) is 2.59. The van der Waals surface area contributed by atoms with Gasteiger partial charge < -0.3 is 24.3 Å². The molecule has 6 nitrogen and oxygen atoms in total. The van der Waals surface area contributed by atoms with Crippen molar-refractivity contribution in [3.63, 3.8) is 0 Å². The van der Waals surface area contributed by atoms with Crippen molar-refractivity contribution in [3.8, 4) is 23.0 Å². The molecule has 27 heavy (non-hydrogen) atoms. The van der Waals surface area contributed by atoms with E-state index in [0.29, 0.717) is 36.1 Å². The summed E-state index contributed by atoms with van der Waals surface area (Å²) in [5.74, 6) is 2.59. The van der Waals surface area contributed by atoms with Gasteiger partial charge in [0, 0.05) is 18.2 Å². The molecule has 0 saturated carbocycles. The summed E-state index contributed by atoms with van der Waals surface area (Å²) in [7, 11) is 4.77. The Bertz CT molecular complexity index is 760. The minimum atomic E-state index is -0.0938. The molecule has 2 aromatic rings. The summed E-state index contributed by atoms with van der Waals surface area (Å²) < 4.78 is 21.5. The van der Waals surface area contributed by atoms with Crippen LogP contribution in [0.5, 0.6) is 23.0 Å². The lowest BCUT2D eigenvalue weighted by Gasteiger charge is -2.13. The van der Waals surface area contributed by atoms with E-state index in [9.17, 15) is 4.79 Å². The van der Waals surface area contributed by atoms with Gasteiger partial charge >= 0.3 is 0 Å². The Hall–Kier alpha value is -2.89. The van der Waals surface area contributed by atoms with Crippen molar-refractivity contribution in [2.45, 2.75) is 26.3 Å². The number of benzene rings is 2. The molecule has 0 heterocycles.